The molecule has 0 saturated carbocycles. The summed E-state index contributed by atoms with van der Waals surface area (Å²) in [5.41, 5.74) is 2.45. The molecule has 0 unspecified atom stereocenters. The number of hydrogen-bond acceptors (Lipinski definition) is 4. The minimum atomic E-state index is 0.531. The number of methoxy groups -OCH3 is 2. The predicted octanol–water partition coefficient (Wildman–Crippen LogP) is 3.60. The molecule has 24 heavy (non-hydrogen) atoms. The summed E-state index contributed by atoms with van der Waals surface area (Å²) in [4.78, 5) is 0. The third kappa shape index (κ3) is 5.32. The van der Waals surface area contributed by atoms with Crippen LogP contribution < -0.4 is 19.5 Å². The highest BCUT2D eigenvalue weighted by Crippen LogP contribution is 2.27. The van der Waals surface area contributed by atoms with Gasteiger partial charge in [0, 0.05) is 6.54 Å². The molecular weight excluding hydrogens is 302 g/mol. The molecule has 0 fully saturated rings. The van der Waals surface area contributed by atoms with Crippen molar-refractivity contribution in [2.24, 2.45) is 0 Å². The molecule has 2 aromatic rings. The Hall–Kier alpha value is -2.46. The van der Waals surface area contributed by atoms with Crippen molar-refractivity contribution in [3.8, 4) is 17.2 Å². The molecule has 0 spiro atoms. The summed E-state index contributed by atoms with van der Waals surface area (Å²) in [5, 5.41) is 3.45. The second-order valence-corrected chi connectivity index (χ2v) is 5.36. The molecule has 0 atom stereocenters. The van der Waals surface area contributed by atoms with E-state index in [0.29, 0.717) is 6.61 Å². The third-order valence-electron chi connectivity index (χ3n) is 3.66. The zero-order chi connectivity index (χ0) is 17.2. The van der Waals surface area contributed by atoms with Crippen molar-refractivity contribution in [3.63, 3.8) is 0 Å². The topological polar surface area (TPSA) is 39.7 Å². The van der Waals surface area contributed by atoms with Crippen LogP contribution in [0.25, 0.3) is 0 Å². The zero-order valence-corrected chi connectivity index (χ0v) is 14.4. The van der Waals surface area contributed by atoms with Crippen LogP contribution in [0.1, 0.15) is 11.1 Å². The molecule has 4 nitrogen and oxygen atoms in total. The number of nitrogens with one attached hydrogen (secondary N) is 1. The SMILES string of the molecule is C=CCOc1ccc(CNCCc2ccc(OC)c(OC)c2)cc1. The fraction of sp³-hybridized carbons (Fsp3) is 0.300. The first kappa shape index (κ1) is 17.9. The molecule has 0 bridgehead atoms. The Morgan fingerprint density at radius 2 is 1.67 bits per heavy atom. The van der Waals surface area contributed by atoms with Crippen LogP contribution in [0.2, 0.25) is 0 Å². The van der Waals surface area contributed by atoms with Gasteiger partial charge in [-0.2, -0.15) is 0 Å². The lowest BCUT2D eigenvalue weighted by Gasteiger charge is -2.10. The van der Waals surface area contributed by atoms with E-state index in [0.717, 1.165) is 36.8 Å². The molecule has 1 N–H and O–H groups in total. The van der Waals surface area contributed by atoms with Gasteiger partial charge in [0.05, 0.1) is 14.2 Å². The number of ether oxygens (including phenoxy) is 3. The van der Waals surface area contributed by atoms with E-state index < -0.39 is 0 Å². The second-order valence-electron chi connectivity index (χ2n) is 5.36. The van der Waals surface area contributed by atoms with Crippen molar-refractivity contribution >= 4 is 0 Å². The predicted molar refractivity (Wildman–Crippen MR) is 97.1 cm³/mol. The van der Waals surface area contributed by atoms with E-state index in [9.17, 15) is 0 Å². The summed E-state index contributed by atoms with van der Waals surface area (Å²) in [7, 11) is 3.30. The summed E-state index contributed by atoms with van der Waals surface area (Å²) in [6, 6.07) is 14.1. The molecule has 0 radical (unpaired) electrons. The van der Waals surface area contributed by atoms with Crippen molar-refractivity contribution in [2.75, 3.05) is 27.4 Å². The first-order chi connectivity index (χ1) is 11.8. The lowest BCUT2D eigenvalue weighted by molar-refractivity contribution is 0.354. The van der Waals surface area contributed by atoms with Gasteiger partial charge in [-0.3, -0.25) is 0 Å². The van der Waals surface area contributed by atoms with Crippen LogP contribution in [0.3, 0.4) is 0 Å². The molecule has 0 aliphatic heterocycles. The number of rotatable bonds is 10. The average molecular weight is 327 g/mol. The Kier molecular flexibility index (Phi) is 7.18. The number of hydrogen-bond donors (Lipinski definition) is 1. The molecule has 0 aliphatic carbocycles. The normalized spacial score (nSPS) is 10.2. The highest BCUT2D eigenvalue weighted by Gasteiger charge is 2.04. The summed E-state index contributed by atoms with van der Waals surface area (Å²) in [5.74, 6) is 2.39. The Balaban J connectivity index is 1.77. The van der Waals surface area contributed by atoms with Crippen LogP contribution in [0.15, 0.2) is 55.1 Å². The zero-order valence-electron chi connectivity index (χ0n) is 14.4. The van der Waals surface area contributed by atoms with Gasteiger partial charge in [-0.05, 0) is 48.4 Å². The van der Waals surface area contributed by atoms with Crippen LogP contribution in [0, 0.1) is 0 Å². The quantitative estimate of drug-likeness (QED) is 0.535. The van der Waals surface area contributed by atoms with Crippen molar-refractivity contribution < 1.29 is 14.2 Å². The Bertz CT molecular complexity index is 638. The maximum atomic E-state index is 5.47. The largest absolute Gasteiger partial charge is 0.493 e. The molecule has 2 aromatic carbocycles. The smallest absolute Gasteiger partial charge is 0.160 e. The molecular formula is C20H25NO3. The lowest BCUT2D eigenvalue weighted by atomic mass is 10.1. The van der Waals surface area contributed by atoms with E-state index >= 15 is 0 Å². The van der Waals surface area contributed by atoms with Crippen molar-refractivity contribution in [1.82, 2.24) is 5.32 Å². The van der Waals surface area contributed by atoms with Crippen LogP contribution in [-0.2, 0) is 13.0 Å². The number of benzene rings is 2. The standard InChI is InChI=1S/C20H25NO3/c1-4-13-24-18-8-5-17(6-9-18)15-21-12-11-16-7-10-19(22-2)20(14-16)23-3/h4-10,14,21H,1,11-13,15H2,2-3H3. The van der Waals surface area contributed by atoms with Gasteiger partial charge in [0.15, 0.2) is 11.5 Å². The minimum absolute atomic E-state index is 0.531. The summed E-state index contributed by atoms with van der Waals surface area (Å²) in [6.07, 6.45) is 2.67. The first-order valence-electron chi connectivity index (χ1n) is 8.01. The Labute approximate surface area is 144 Å². The maximum absolute atomic E-state index is 5.47. The van der Waals surface area contributed by atoms with Crippen LogP contribution >= 0.6 is 0 Å². The van der Waals surface area contributed by atoms with Gasteiger partial charge in [-0.25, -0.2) is 0 Å². The average Bonchev–Trinajstić information content (AvgIpc) is 2.64. The van der Waals surface area contributed by atoms with Gasteiger partial charge < -0.3 is 19.5 Å². The summed E-state index contributed by atoms with van der Waals surface area (Å²) < 4.78 is 16.1. The van der Waals surface area contributed by atoms with E-state index in [1.54, 1.807) is 20.3 Å². The van der Waals surface area contributed by atoms with E-state index in [-0.39, 0.29) is 0 Å². The molecule has 0 aromatic heterocycles. The van der Waals surface area contributed by atoms with Gasteiger partial charge in [0.2, 0.25) is 0 Å². The highest BCUT2D eigenvalue weighted by atomic mass is 16.5. The van der Waals surface area contributed by atoms with Gasteiger partial charge in [0.25, 0.3) is 0 Å². The van der Waals surface area contributed by atoms with E-state index in [1.807, 2.05) is 24.3 Å². The highest BCUT2D eigenvalue weighted by molar-refractivity contribution is 5.42. The Morgan fingerprint density at radius 3 is 2.33 bits per heavy atom. The molecule has 0 heterocycles. The molecule has 0 aliphatic rings. The van der Waals surface area contributed by atoms with Crippen LogP contribution in [0.4, 0.5) is 0 Å². The minimum Gasteiger partial charge on any atom is -0.493 e. The van der Waals surface area contributed by atoms with E-state index in [2.05, 4.69) is 30.1 Å². The maximum Gasteiger partial charge on any atom is 0.160 e. The van der Waals surface area contributed by atoms with E-state index in [1.165, 1.54) is 11.1 Å². The second kappa shape index (κ2) is 9.63. The monoisotopic (exact) mass is 327 g/mol. The fourth-order valence-corrected chi connectivity index (χ4v) is 2.36. The molecule has 128 valence electrons. The molecule has 2 rings (SSSR count). The van der Waals surface area contributed by atoms with Crippen LogP contribution in [-0.4, -0.2) is 27.4 Å². The van der Waals surface area contributed by atoms with Crippen molar-refractivity contribution in [1.29, 1.82) is 0 Å². The molecule has 0 amide bonds. The first-order valence-corrected chi connectivity index (χ1v) is 8.01. The lowest BCUT2D eigenvalue weighted by Crippen LogP contribution is -2.16. The molecule has 0 saturated heterocycles. The summed E-state index contributed by atoms with van der Waals surface area (Å²) >= 11 is 0. The van der Waals surface area contributed by atoms with Gasteiger partial charge in [0.1, 0.15) is 12.4 Å². The summed E-state index contributed by atoms with van der Waals surface area (Å²) in [6.45, 7) is 5.89. The fourth-order valence-electron chi connectivity index (χ4n) is 2.36. The third-order valence-corrected chi connectivity index (χ3v) is 3.66. The van der Waals surface area contributed by atoms with Crippen molar-refractivity contribution in [2.45, 2.75) is 13.0 Å². The van der Waals surface area contributed by atoms with Gasteiger partial charge >= 0.3 is 0 Å². The molecule has 4 heteroatoms. The Morgan fingerprint density at radius 1 is 0.958 bits per heavy atom. The van der Waals surface area contributed by atoms with Gasteiger partial charge in [-0.1, -0.05) is 30.9 Å². The van der Waals surface area contributed by atoms with E-state index in [4.69, 9.17) is 14.2 Å². The van der Waals surface area contributed by atoms with Crippen LogP contribution in [0.5, 0.6) is 17.2 Å². The van der Waals surface area contributed by atoms with Crippen molar-refractivity contribution in [3.05, 3.63) is 66.2 Å². The van der Waals surface area contributed by atoms with Gasteiger partial charge in [-0.15, -0.1) is 0 Å².